The van der Waals surface area contributed by atoms with Gasteiger partial charge < -0.3 is 30.0 Å². The van der Waals surface area contributed by atoms with E-state index in [1.807, 2.05) is 23.3 Å². The largest absolute Gasteiger partial charge is 0.481 e. The van der Waals surface area contributed by atoms with Crippen LogP contribution >= 0.6 is 0 Å². The highest BCUT2D eigenvalue weighted by atomic mass is 19.1. The third kappa shape index (κ3) is 5.83. The first-order chi connectivity index (χ1) is 15.8. The van der Waals surface area contributed by atoms with Crippen LogP contribution in [0.25, 0.3) is 10.9 Å². The van der Waals surface area contributed by atoms with Crippen molar-refractivity contribution in [1.82, 2.24) is 14.8 Å². The summed E-state index contributed by atoms with van der Waals surface area (Å²) in [4.78, 5) is 27.4. The topological polar surface area (TPSA) is 98.8 Å². The number of hydrogen-bond acceptors (Lipinski definition) is 5. The van der Waals surface area contributed by atoms with Crippen LogP contribution in [0.1, 0.15) is 50.0 Å². The minimum atomic E-state index is -0.664. The quantitative estimate of drug-likeness (QED) is 0.500. The Hall–Kier alpha value is -2.65. The standard InChI is InChI=1S/C24H35FN4O4/c1-16(2)29(18-7-6-10-27-14-18)24(31)22-23(33-15-21(26)30)19-13-17(25)8-9-20(19)28(22)11-4-5-12-32-3/h8-9,13,16,18,27H,4-7,10-12,14-15H2,1-3H3,(H2,26,30)/t18-/m1/s1. The summed E-state index contributed by atoms with van der Waals surface area (Å²) in [6, 6.07) is 4.34. The van der Waals surface area contributed by atoms with Crippen LogP contribution in [0.2, 0.25) is 0 Å². The Balaban J connectivity index is 2.12. The highest BCUT2D eigenvalue weighted by Crippen LogP contribution is 2.36. The molecule has 1 aliphatic rings. The van der Waals surface area contributed by atoms with Crippen molar-refractivity contribution < 1.29 is 23.5 Å². The van der Waals surface area contributed by atoms with Gasteiger partial charge in [0.25, 0.3) is 11.8 Å². The molecule has 182 valence electrons. The smallest absolute Gasteiger partial charge is 0.274 e. The third-order valence-corrected chi connectivity index (χ3v) is 5.98. The molecule has 2 heterocycles. The van der Waals surface area contributed by atoms with Crippen molar-refractivity contribution in [2.45, 2.75) is 58.2 Å². The number of methoxy groups -OCH3 is 1. The van der Waals surface area contributed by atoms with Crippen molar-refractivity contribution >= 4 is 22.7 Å². The molecular formula is C24H35FN4O4. The zero-order chi connectivity index (χ0) is 24.0. The van der Waals surface area contributed by atoms with E-state index in [2.05, 4.69) is 5.32 Å². The molecular weight excluding hydrogens is 427 g/mol. The number of aryl methyl sites for hydroxylation is 1. The number of piperidine rings is 1. The summed E-state index contributed by atoms with van der Waals surface area (Å²) in [5.41, 5.74) is 6.33. The number of halogens is 1. The Morgan fingerprint density at radius 2 is 2.12 bits per heavy atom. The first kappa shape index (κ1) is 25.0. The second-order valence-electron chi connectivity index (χ2n) is 8.75. The number of carbonyl (C=O) groups excluding carboxylic acids is 2. The second kappa shape index (κ2) is 11.5. The van der Waals surface area contributed by atoms with Gasteiger partial charge in [-0.15, -0.1) is 0 Å². The Morgan fingerprint density at radius 1 is 1.33 bits per heavy atom. The molecule has 8 nitrogen and oxygen atoms in total. The molecule has 2 aromatic rings. The number of unbranched alkanes of at least 4 members (excludes halogenated alkanes) is 1. The summed E-state index contributed by atoms with van der Waals surface area (Å²) in [5, 5.41) is 3.83. The fraction of sp³-hybridized carbons (Fsp3) is 0.583. The molecule has 9 heteroatoms. The maximum atomic E-state index is 14.2. The Bertz CT molecular complexity index is 969. The van der Waals surface area contributed by atoms with Crippen molar-refractivity contribution in [2.75, 3.05) is 33.4 Å². The number of primary amides is 1. The van der Waals surface area contributed by atoms with Crippen LogP contribution in [0.4, 0.5) is 4.39 Å². The molecule has 0 radical (unpaired) electrons. The lowest BCUT2D eigenvalue weighted by molar-refractivity contribution is -0.119. The molecule has 0 aliphatic carbocycles. The van der Waals surface area contributed by atoms with Gasteiger partial charge in [-0.25, -0.2) is 4.39 Å². The van der Waals surface area contributed by atoms with E-state index in [-0.39, 0.29) is 23.7 Å². The Morgan fingerprint density at radius 3 is 2.76 bits per heavy atom. The SMILES string of the molecule is COCCCCn1c(C(=O)N(C(C)C)[C@@H]2CCCNC2)c(OCC(N)=O)c2cc(F)ccc21. The molecule has 0 saturated carbocycles. The van der Waals surface area contributed by atoms with Crippen LogP contribution in [0.15, 0.2) is 18.2 Å². The number of nitrogens with zero attached hydrogens (tertiary/aromatic N) is 2. The number of benzene rings is 1. The molecule has 1 atom stereocenters. The van der Waals surface area contributed by atoms with E-state index in [0.29, 0.717) is 36.3 Å². The van der Waals surface area contributed by atoms with Crippen LogP contribution in [0, 0.1) is 5.82 Å². The number of aromatic nitrogens is 1. The van der Waals surface area contributed by atoms with Crippen molar-refractivity contribution in [1.29, 1.82) is 0 Å². The van der Waals surface area contributed by atoms with Gasteiger partial charge in [-0.3, -0.25) is 9.59 Å². The van der Waals surface area contributed by atoms with Crippen LogP contribution in [0.3, 0.4) is 0 Å². The highest BCUT2D eigenvalue weighted by Gasteiger charge is 2.34. The first-order valence-electron chi connectivity index (χ1n) is 11.6. The van der Waals surface area contributed by atoms with Gasteiger partial charge in [-0.1, -0.05) is 0 Å². The monoisotopic (exact) mass is 462 g/mol. The van der Waals surface area contributed by atoms with Crippen LogP contribution < -0.4 is 15.8 Å². The second-order valence-corrected chi connectivity index (χ2v) is 8.75. The molecule has 1 saturated heterocycles. The maximum absolute atomic E-state index is 14.2. The van der Waals surface area contributed by atoms with E-state index in [1.54, 1.807) is 13.2 Å². The van der Waals surface area contributed by atoms with Crippen molar-refractivity contribution in [3.8, 4) is 5.75 Å². The van der Waals surface area contributed by atoms with Gasteiger partial charge in [0.1, 0.15) is 5.82 Å². The van der Waals surface area contributed by atoms with Crippen molar-refractivity contribution in [2.24, 2.45) is 5.73 Å². The van der Waals surface area contributed by atoms with Gasteiger partial charge in [0.05, 0.1) is 5.52 Å². The zero-order valence-electron chi connectivity index (χ0n) is 19.7. The fourth-order valence-electron chi connectivity index (χ4n) is 4.56. The molecule has 0 unspecified atom stereocenters. The fourth-order valence-corrected chi connectivity index (χ4v) is 4.56. The molecule has 1 aromatic heterocycles. The lowest BCUT2D eigenvalue weighted by atomic mass is 10.0. The zero-order valence-corrected chi connectivity index (χ0v) is 19.7. The minimum absolute atomic E-state index is 0.0342. The average molecular weight is 463 g/mol. The van der Waals surface area contributed by atoms with Gasteiger partial charge >= 0.3 is 0 Å². The van der Waals surface area contributed by atoms with Crippen LogP contribution in [-0.2, 0) is 16.1 Å². The van der Waals surface area contributed by atoms with E-state index in [4.69, 9.17) is 15.2 Å². The van der Waals surface area contributed by atoms with Crippen molar-refractivity contribution in [3.05, 3.63) is 29.7 Å². The molecule has 33 heavy (non-hydrogen) atoms. The van der Waals surface area contributed by atoms with E-state index >= 15 is 0 Å². The summed E-state index contributed by atoms with van der Waals surface area (Å²) in [6.45, 7) is 6.36. The summed E-state index contributed by atoms with van der Waals surface area (Å²) in [6.07, 6.45) is 3.45. The summed E-state index contributed by atoms with van der Waals surface area (Å²) < 4.78 is 27.0. The lowest BCUT2D eigenvalue weighted by Crippen LogP contribution is -2.52. The number of amides is 2. The number of nitrogens with one attached hydrogen (secondary N) is 1. The minimum Gasteiger partial charge on any atom is -0.481 e. The average Bonchev–Trinajstić information content (AvgIpc) is 3.08. The molecule has 1 fully saturated rings. The number of fused-ring (bicyclic) bond motifs is 1. The maximum Gasteiger partial charge on any atom is 0.274 e. The summed E-state index contributed by atoms with van der Waals surface area (Å²) in [7, 11) is 1.65. The van der Waals surface area contributed by atoms with Crippen LogP contribution in [0.5, 0.6) is 5.75 Å². The lowest BCUT2D eigenvalue weighted by Gasteiger charge is -2.38. The Kier molecular flexibility index (Phi) is 8.68. The molecule has 3 N–H and O–H groups in total. The molecule has 3 rings (SSSR count). The predicted octanol–water partition coefficient (Wildman–Crippen LogP) is 2.67. The summed E-state index contributed by atoms with van der Waals surface area (Å²) >= 11 is 0. The molecule has 1 aliphatic heterocycles. The highest BCUT2D eigenvalue weighted by molar-refractivity contribution is 6.04. The van der Waals surface area contributed by atoms with Crippen molar-refractivity contribution in [3.63, 3.8) is 0 Å². The third-order valence-electron chi connectivity index (χ3n) is 5.98. The van der Waals surface area contributed by atoms with Gasteiger partial charge in [0.2, 0.25) is 0 Å². The number of ether oxygens (including phenoxy) is 2. The number of carbonyl (C=O) groups is 2. The number of nitrogens with two attached hydrogens (primary N) is 1. The van der Waals surface area contributed by atoms with E-state index in [0.717, 1.165) is 32.2 Å². The van der Waals surface area contributed by atoms with E-state index in [9.17, 15) is 14.0 Å². The van der Waals surface area contributed by atoms with Gasteiger partial charge in [0, 0.05) is 44.3 Å². The Labute approximate surface area is 194 Å². The first-order valence-corrected chi connectivity index (χ1v) is 11.6. The molecule has 0 spiro atoms. The van der Waals surface area contributed by atoms with Gasteiger partial charge in [-0.05, 0) is 64.3 Å². The predicted molar refractivity (Wildman–Crippen MR) is 125 cm³/mol. The number of hydrogen-bond donors (Lipinski definition) is 2. The van der Waals surface area contributed by atoms with Gasteiger partial charge in [0.15, 0.2) is 18.1 Å². The number of rotatable bonds is 11. The normalized spacial score (nSPS) is 16.3. The molecule has 2 amide bonds. The van der Waals surface area contributed by atoms with E-state index in [1.165, 1.54) is 12.1 Å². The van der Waals surface area contributed by atoms with Crippen LogP contribution in [-0.4, -0.2) is 66.8 Å². The molecule has 0 bridgehead atoms. The summed E-state index contributed by atoms with van der Waals surface area (Å²) in [5.74, 6) is -1.10. The van der Waals surface area contributed by atoms with Gasteiger partial charge in [-0.2, -0.15) is 0 Å². The van der Waals surface area contributed by atoms with E-state index < -0.39 is 18.3 Å². The molecule has 1 aromatic carbocycles.